The van der Waals surface area contributed by atoms with Crippen molar-refractivity contribution >= 4 is 21.4 Å². The van der Waals surface area contributed by atoms with Crippen molar-refractivity contribution in [1.82, 2.24) is 9.78 Å². The molecule has 8 nitrogen and oxygen atoms in total. The van der Waals surface area contributed by atoms with Crippen molar-refractivity contribution in [2.45, 2.75) is 23.3 Å². The molecule has 1 aromatic heterocycles. The molecule has 2 heterocycles. The molecule has 2 aromatic carbocycles. The molecule has 0 radical (unpaired) electrons. The summed E-state index contributed by atoms with van der Waals surface area (Å²) in [5.74, 6) is -3.20. The number of benzene rings is 2. The van der Waals surface area contributed by atoms with E-state index in [1.54, 1.807) is 12.1 Å². The number of alkyl halides is 2. The minimum atomic E-state index is -4.93. The highest BCUT2D eigenvalue weighted by molar-refractivity contribution is 7.91. The van der Waals surface area contributed by atoms with Crippen LogP contribution >= 0.6 is 0 Å². The van der Waals surface area contributed by atoms with E-state index in [1.165, 1.54) is 35.3 Å². The monoisotopic (exact) mass is 449 g/mol. The first-order chi connectivity index (χ1) is 14.8. The maximum atomic E-state index is 12.9. The van der Waals surface area contributed by atoms with E-state index >= 15 is 0 Å². The van der Waals surface area contributed by atoms with Gasteiger partial charge in [-0.2, -0.15) is 13.9 Å². The molecule has 3 aromatic rings. The van der Waals surface area contributed by atoms with Gasteiger partial charge in [0.05, 0.1) is 28.9 Å². The Labute approximate surface area is 176 Å². The topological polar surface area (TPSA) is 99.5 Å². The van der Waals surface area contributed by atoms with Crippen LogP contribution in [0.3, 0.4) is 0 Å². The Hall–Kier alpha value is -3.47. The van der Waals surface area contributed by atoms with Gasteiger partial charge in [0.15, 0.2) is 17.6 Å². The summed E-state index contributed by atoms with van der Waals surface area (Å²) < 4.78 is 62.6. The average Bonchev–Trinajstić information content (AvgIpc) is 3.20. The summed E-state index contributed by atoms with van der Waals surface area (Å²) in [5, 5.41) is 6.62. The number of amides is 1. The summed E-state index contributed by atoms with van der Waals surface area (Å²) in [5.41, 5.74) is -0.109. The zero-order chi connectivity index (χ0) is 22.0. The van der Waals surface area contributed by atoms with Gasteiger partial charge in [-0.25, -0.2) is 8.42 Å². The first kappa shape index (κ1) is 20.8. The fourth-order valence-corrected chi connectivity index (χ4v) is 4.01. The number of nitrogens with one attached hydrogen (secondary N) is 1. The molecule has 1 aliphatic heterocycles. The van der Waals surface area contributed by atoms with E-state index in [1.807, 2.05) is 12.1 Å². The number of sulfone groups is 1. The molecule has 4 rings (SSSR count). The van der Waals surface area contributed by atoms with Gasteiger partial charge in [0.2, 0.25) is 9.84 Å². The normalized spacial score (nSPS) is 15.6. The molecular formula is C20H17F2N3O5S. The summed E-state index contributed by atoms with van der Waals surface area (Å²) in [6, 6.07) is 12.1. The zero-order valence-electron chi connectivity index (χ0n) is 15.9. The van der Waals surface area contributed by atoms with Gasteiger partial charge in [0, 0.05) is 6.20 Å². The molecule has 0 aliphatic carbocycles. The van der Waals surface area contributed by atoms with Crippen molar-refractivity contribution in [1.29, 1.82) is 0 Å². The highest BCUT2D eigenvalue weighted by Gasteiger charge is 2.31. The summed E-state index contributed by atoms with van der Waals surface area (Å²) >= 11 is 0. The number of carbonyl (C=O) groups excluding carboxylic acids is 1. The third kappa shape index (κ3) is 4.36. The molecule has 1 N–H and O–H groups in total. The minimum absolute atomic E-state index is 0.270. The SMILES string of the molecule is O=C(Nc1cnn(CC2COc3ccccc3O2)c1)c1ccccc1S(=O)(=O)C(F)F. The maximum Gasteiger partial charge on any atom is 0.341 e. The Kier molecular flexibility index (Phi) is 5.59. The van der Waals surface area contributed by atoms with Gasteiger partial charge in [0.25, 0.3) is 5.91 Å². The first-order valence-electron chi connectivity index (χ1n) is 9.18. The van der Waals surface area contributed by atoms with E-state index in [0.717, 1.165) is 6.07 Å². The number of aromatic nitrogens is 2. The Balaban J connectivity index is 1.45. The molecule has 1 unspecified atom stereocenters. The van der Waals surface area contributed by atoms with Crippen LogP contribution in [-0.2, 0) is 16.4 Å². The Morgan fingerprint density at radius 1 is 1.16 bits per heavy atom. The molecule has 0 bridgehead atoms. The Bertz CT molecular complexity index is 1210. The van der Waals surface area contributed by atoms with Crippen LogP contribution < -0.4 is 14.8 Å². The number of hydrogen-bond acceptors (Lipinski definition) is 6. The van der Waals surface area contributed by atoms with Gasteiger partial charge in [-0.05, 0) is 24.3 Å². The molecular weight excluding hydrogens is 432 g/mol. The van der Waals surface area contributed by atoms with E-state index in [4.69, 9.17) is 9.47 Å². The van der Waals surface area contributed by atoms with Crippen molar-refractivity contribution < 1.29 is 31.5 Å². The molecule has 31 heavy (non-hydrogen) atoms. The highest BCUT2D eigenvalue weighted by atomic mass is 32.2. The van der Waals surface area contributed by atoms with Crippen molar-refractivity contribution in [2.75, 3.05) is 11.9 Å². The van der Waals surface area contributed by atoms with Crippen LogP contribution in [0, 0.1) is 0 Å². The van der Waals surface area contributed by atoms with Crippen LogP contribution in [0.15, 0.2) is 65.8 Å². The average molecular weight is 449 g/mol. The smallest absolute Gasteiger partial charge is 0.341 e. The predicted octanol–water partition coefficient (Wildman–Crippen LogP) is 2.97. The first-order valence-corrected chi connectivity index (χ1v) is 10.7. The van der Waals surface area contributed by atoms with E-state index in [2.05, 4.69) is 10.4 Å². The quantitative estimate of drug-likeness (QED) is 0.621. The number of anilines is 1. The molecule has 1 amide bonds. The van der Waals surface area contributed by atoms with Crippen LogP contribution in [0.25, 0.3) is 0 Å². The Morgan fingerprint density at radius 2 is 1.87 bits per heavy atom. The molecule has 0 saturated heterocycles. The lowest BCUT2D eigenvalue weighted by Gasteiger charge is -2.26. The summed E-state index contributed by atoms with van der Waals surface area (Å²) in [6.45, 7) is 0.651. The second-order valence-corrected chi connectivity index (χ2v) is 8.59. The van der Waals surface area contributed by atoms with E-state index < -0.39 is 26.4 Å². The number of carbonyl (C=O) groups is 1. The van der Waals surface area contributed by atoms with Crippen LogP contribution in [0.2, 0.25) is 0 Å². The van der Waals surface area contributed by atoms with E-state index in [-0.39, 0.29) is 17.4 Å². The number of halogens is 2. The van der Waals surface area contributed by atoms with Crippen molar-refractivity contribution in [2.24, 2.45) is 0 Å². The maximum absolute atomic E-state index is 12.9. The van der Waals surface area contributed by atoms with Crippen LogP contribution in [-0.4, -0.2) is 42.6 Å². The third-order valence-electron chi connectivity index (χ3n) is 4.52. The van der Waals surface area contributed by atoms with E-state index in [0.29, 0.717) is 24.7 Å². The number of hydrogen-bond donors (Lipinski definition) is 1. The van der Waals surface area contributed by atoms with Gasteiger partial charge in [-0.15, -0.1) is 0 Å². The van der Waals surface area contributed by atoms with Gasteiger partial charge in [-0.3, -0.25) is 9.48 Å². The number of ether oxygens (including phenoxy) is 2. The van der Waals surface area contributed by atoms with Crippen molar-refractivity contribution in [3.8, 4) is 11.5 Å². The summed E-state index contributed by atoms with van der Waals surface area (Å²) in [6.07, 6.45) is 2.57. The second kappa shape index (κ2) is 8.34. The van der Waals surface area contributed by atoms with E-state index in [9.17, 15) is 22.0 Å². The predicted molar refractivity (Wildman–Crippen MR) is 106 cm³/mol. The van der Waals surface area contributed by atoms with Crippen LogP contribution in [0.1, 0.15) is 10.4 Å². The van der Waals surface area contributed by atoms with Crippen molar-refractivity contribution in [3.05, 3.63) is 66.5 Å². The largest absolute Gasteiger partial charge is 0.486 e. The van der Waals surface area contributed by atoms with Crippen LogP contribution in [0.5, 0.6) is 11.5 Å². The number of rotatable bonds is 6. The van der Waals surface area contributed by atoms with Gasteiger partial charge in [0.1, 0.15) is 6.61 Å². The zero-order valence-corrected chi connectivity index (χ0v) is 16.8. The lowest BCUT2D eigenvalue weighted by molar-refractivity contribution is 0.0759. The molecule has 1 aliphatic rings. The Morgan fingerprint density at radius 3 is 2.65 bits per heavy atom. The minimum Gasteiger partial charge on any atom is -0.486 e. The number of fused-ring (bicyclic) bond motifs is 1. The highest BCUT2D eigenvalue weighted by Crippen LogP contribution is 2.31. The fourth-order valence-electron chi connectivity index (χ4n) is 3.09. The molecule has 0 fully saturated rings. The number of nitrogens with zero attached hydrogens (tertiary/aromatic N) is 2. The van der Waals surface area contributed by atoms with Crippen molar-refractivity contribution in [3.63, 3.8) is 0 Å². The standard InChI is InChI=1S/C20H17F2N3O5S/c21-20(22)31(27,28)18-8-4-1-5-15(18)19(26)24-13-9-23-25(10-13)11-14-12-29-16-6-2-3-7-17(16)30-14/h1-10,14,20H,11-12H2,(H,24,26). The molecule has 0 spiro atoms. The fraction of sp³-hybridized carbons (Fsp3) is 0.200. The lowest BCUT2D eigenvalue weighted by Crippen LogP contribution is -2.33. The molecule has 11 heteroatoms. The summed E-state index contributed by atoms with van der Waals surface area (Å²) in [4.78, 5) is 11.8. The van der Waals surface area contributed by atoms with Gasteiger partial charge >= 0.3 is 5.76 Å². The lowest BCUT2D eigenvalue weighted by atomic mass is 10.2. The second-order valence-electron chi connectivity index (χ2n) is 6.70. The van der Waals surface area contributed by atoms with Crippen LogP contribution in [0.4, 0.5) is 14.5 Å². The molecule has 1 atom stereocenters. The summed E-state index contributed by atoms with van der Waals surface area (Å²) in [7, 11) is -4.93. The van der Waals surface area contributed by atoms with Gasteiger partial charge in [-0.1, -0.05) is 24.3 Å². The molecule has 162 valence electrons. The molecule has 0 saturated carbocycles. The third-order valence-corrected chi connectivity index (χ3v) is 5.96. The number of para-hydroxylation sites is 2. The van der Waals surface area contributed by atoms with Gasteiger partial charge < -0.3 is 14.8 Å².